The van der Waals surface area contributed by atoms with Crippen molar-refractivity contribution in [1.82, 2.24) is 9.97 Å². The second-order valence-electron chi connectivity index (χ2n) is 5.08. The third kappa shape index (κ3) is 5.88. The molecule has 4 N–H and O–H groups in total. The molecule has 0 spiro atoms. The average molecular weight is 300 g/mol. The van der Waals surface area contributed by atoms with E-state index in [0.29, 0.717) is 36.2 Å². The standard InChI is InChI=1S/C13H25N4O2P/c1-9(2)20(10(3)4)8-18-5-6-19-12-7-11(14)16-13(15)17-12/h7,9-10H,5-6,8H2,1-4H3,(H4,14,15,16,17). The Kier molecular flexibility index (Phi) is 6.96. The summed E-state index contributed by atoms with van der Waals surface area (Å²) in [7, 11) is -0.103. The van der Waals surface area contributed by atoms with E-state index >= 15 is 0 Å². The van der Waals surface area contributed by atoms with Gasteiger partial charge in [-0.05, 0) is 11.3 Å². The van der Waals surface area contributed by atoms with Gasteiger partial charge in [-0.25, -0.2) is 0 Å². The molecule has 0 saturated heterocycles. The zero-order valence-corrected chi connectivity index (χ0v) is 13.6. The number of aromatic nitrogens is 2. The molecule has 0 aliphatic heterocycles. The summed E-state index contributed by atoms with van der Waals surface area (Å²) in [5.74, 6) is 0.800. The van der Waals surface area contributed by atoms with E-state index in [1.165, 1.54) is 0 Å². The van der Waals surface area contributed by atoms with Gasteiger partial charge in [-0.3, -0.25) is 0 Å². The SMILES string of the molecule is CC(C)P(COCCOc1cc(N)nc(N)n1)C(C)C. The van der Waals surface area contributed by atoms with Crippen LogP contribution in [0.2, 0.25) is 0 Å². The lowest BCUT2D eigenvalue weighted by Crippen LogP contribution is -2.13. The maximum atomic E-state index is 5.70. The van der Waals surface area contributed by atoms with Crippen LogP contribution in [0.4, 0.5) is 11.8 Å². The third-order valence-electron chi connectivity index (χ3n) is 2.78. The molecule has 1 rings (SSSR count). The highest BCUT2D eigenvalue weighted by atomic mass is 31.1. The van der Waals surface area contributed by atoms with Gasteiger partial charge in [-0.1, -0.05) is 35.6 Å². The van der Waals surface area contributed by atoms with E-state index in [-0.39, 0.29) is 13.9 Å². The first-order chi connectivity index (χ1) is 9.40. The van der Waals surface area contributed by atoms with Crippen LogP contribution in [0.5, 0.6) is 5.88 Å². The van der Waals surface area contributed by atoms with Crippen LogP contribution >= 0.6 is 7.92 Å². The van der Waals surface area contributed by atoms with Crippen molar-refractivity contribution in [3.05, 3.63) is 6.07 Å². The summed E-state index contributed by atoms with van der Waals surface area (Å²) in [5.41, 5.74) is 12.4. The molecule has 0 unspecified atom stereocenters. The van der Waals surface area contributed by atoms with Crippen molar-refractivity contribution < 1.29 is 9.47 Å². The highest BCUT2D eigenvalue weighted by Gasteiger charge is 2.16. The second kappa shape index (κ2) is 8.22. The van der Waals surface area contributed by atoms with Crippen molar-refractivity contribution in [3.8, 4) is 5.88 Å². The minimum absolute atomic E-state index is 0.103. The minimum atomic E-state index is -0.103. The predicted molar refractivity (Wildman–Crippen MR) is 84.4 cm³/mol. The molecule has 0 atom stereocenters. The smallest absolute Gasteiger partial charge is 0.225 e. The number of nitrogen functional groups attached to an aromatic ring is 2. The number of hydrogen-bond acceptors (Lipinski definition) is 6. The van der Waals surface area contributed by atoms with Crippen molar-refractivity contribution in [2.24, 2.45) is 0 Å². The zero-order valence-electron chi connectivity index (χ0n) is 12.7. The molecular formula is C13H25N4O2P. The van der Waals surface area contributed by atoms with Gasteiger partial charge in [0.25, 0.3) is 0 Å². The molecule has 114 valence electrons. The van der Waals surface area contributed by atoms with E-state index in [9.17, 15) is 0 Å². The quantitative estimate of drug-likeness (QED) is 0.565. The lowest BCUT2D eigenvalue weighted by atomic mass is 10.5. The highest BCUT2D eigenvalue weighted by Crippen LogP contribution is 2.45. The molecule has 0 bridgehead atoms. The second-order valence-corrected chi connectivity index (χ2v) is 8.43. The van der Waals surface area contributed by atoms with E-state index in [1.54, 1.807) is 6.07 Å². The molecule has 0 aliphatic carbocycles. The molecular weight excluding hydrogens is 275 g/mol. The molecule has 0 aromatic carbocycles. The van der Waals surface area contributed by atoms with Crippen LogP contribution < -0.4 is 16.2 Å². The van der Waals surface area contributed by atoms with Gasteiger partial charge in [-0.15, -0.1) is 0 Å². The van der Waals surface area contributed by atoms with Crippen LogP contribution in [0.25, 0.3) is 0 Å². The lowest BCUT2D eigenvalue weighted by molar-refractivity contribution is 0.130. The molecule has 0 saturated carbocycles. The molecule has 0 fully saturated rings. The van der Waals surface area contributed by atoms with E-state index in [0.717, 1.165) is 6.35 Å². The Labute approximate surface area is 122 Å². The van der Waals surface area contributed by atoms with E-state index in [1.807, 2.05) is 0 Å². The largest absolute Gasteiger partial charge is 0.475 e. The fourth-order valence-electron chi connectivity index (χ4n) is 1.80. The average Bonchev–Trinajstić information content (AvgIpc) is 2.31. The monoisotopic (exact) mass is 300 g/mol. The van der Waals surface area contributed by atoms with Gasteiger partial charge in [0.1, 0.15) is 12.4 Å². The maximum Gasteiger partial charge on any atom is 0.225 e. The Morgan fingerprint density at radius 1 is 1.10 bits per heavy atom. The molecule has 20 heavy (non-hydrogen) atoms. The number of nitrogens with two attached hydrogens (primary N) is 2. The van der Waals surface area contributed by atoms with Gasteiger partial charge in [0.2, 0.25) is 11.8 Å². The molecule has 1 aromatic rings. The number of anilines is 2. The van der Waals surface area contributed by atoms with Gasteiger partial charge in [0, 0.05) is 6.07 Å². The molecule has 7 heteroatoms. The predicted octanol–water partition coefficient (Wildman–Crippen LogP) is 2.29. The van der Waals surface area contributed by atoms with E-state index < -0.39 is 0 Å². The van der Waals surface area contributed by atoms with Gasteiger partial charge in [0.15, 0.2) is 0 Å². The summed E-state index contributed by atoms with van der Waals surface area (Å²) >= 11 is 0. The number of rotatable bonds is 8. The summed E-state index contributed by atoms with van der Waals surface area (Å²) in [5, 5.41) is 0. The molecule has 6 nitrogen and oxygen atoms in total. The summed E-state index contributed by atoms with van der Waals surface area (Å²) in [4.78, 5) is 7.71. The van der Waals surface area contributed by atoms with Crippen LogP contribution in [-0.4, -0.2) is 40.8 Å². The first-order valence-corrected chi connectivity index (χ1v) is 8.43. The molecule has 1 heterocycles. The van der Waals surface area contributed by atoms with Gasteiger partial charge in [0.05, 0.1) is 13.0 Å². The summed E-state index contributed by atoms with van der Waals surface area (Å²) in [6.07, 6.45) is 0.808. The van der Waals surface area contributed by atoms with E-state index in [2.05, 4.69) is 37.7 Å². The number of hydrogen-bond donors (Lipinski definition) is 2. The first kappa shape index (κ1) is 16.9. The van der Waals surface area contributed by atoms with Crippen molar-refractivity contribution >= 4 is 19.7 Å². The fourth-order valence-corrected chi connectivity index (χ4v) is 3.93. The Morgan fingerprint density at radius 3 is 2.30 bits per heavy atom. The number of ether oxygens (including phenoxy) is 2. The number of nitrogens with zero attached hydrogens (tertiary/aromatic N) is 2. The van der Waals surface area contributed by atoms with Gasteiger partial charge >= 0.3 is 0 Å². The summed E-state index contributed by atoms with van der Waals surface area (Å²) < 4.78 is 11.1. The van der Waals surface area contributed by atoms with Crippen LogP contribution in [0.3, 0.4) is 0 Å². The van der Waals surface area contributed by atoms with Crippen molar-refractivity contribution in [2.45, 2.75) is 39.0 Å². The topological polar surface area (TPSA) is 96.3 Å². The van der Waals surface area contributed by atoms with Gasteiger partial charge in [-0.2, -0.15) is 9.97 Å². The summed E-state index contributed by atoms with van der Waals surface area (Å²) in [6.45, 7) is 9.95. The Hall–Kier alpha value is -1.13. The van der Waals surface area contributed by atoms with Crippen LogP contribution in [0.1, 0.15) is 27.7 Å². The molecule has 1 aromatic heterocycles. The van der Waals surface area contributed by atoms with Crippen LogP contribution in [0, 0.1) is 0 Å². The van der Waals surface area contributed by atoms with Crippen LogP contribution in [0.15, 0.2) is 6.07 Å². The molecule has 0 amide bonds. The molecule has 0 aliphatic rings. The van der Waals surface area contributed by atoms with Crippen LogP contribution in [-0.2, 0) is 4.74 Å². The maximum absolute atomic E-state index is 5.70. The summed E-state index contributed by atoms with van der Waals surface area (Å²) in [6, 6.07) is 1.55. The van der Waals surface area contributed by atoms with Crippen molar-refractivity contribution in [1.29, 1.82) is 0 Å². The Balaban J connectivity index is 2.28. The van der Waals surface area contributed by atoms with Crippen molar-refractivity contribution in [3.63, 3.8) is 0 Å². The molecule has 0 radical (unpaired) electrons. The van der Waals surface area contributed by atoms with Crippen molar-refractivity contribution in [2.75, 3.05) is 31.0 Å². The lowest BCUT2D eigenvalue weighted by Gasteiger charge is -2.25. The fraction of sp³-hybridized carbons (Fsp3) is 0.692. The zero-order chi connectivity index (χ0) is 15.1. The minimum Gasteiger partial charge on any atom is -0.475 e. The Morgan fingerprint density at radius 2 is 1.75 bits per heavy atom. The normalized spacial score (nSPS) is 11.6. The first-order valence-electron chi connectivity index (χ1n) is 6.76. The van der Waals surface area contributed by atoms with E-state index in [4.69, 9.17) is 20.9 Å². The van der Waals surface area contributed by atoms with Gasteiger partial charge < -0.3 is 20.9 Å². The third-order valence-corrected chi connectivity index (χ3v) is 5.92. The Bertz CT molecular complexity index is 387. The highest BCUT2D eigenvalue weighted by molar-refractivity contribution is 7.58.